The predicted molar refractivity (Wildman–Crippen MR) is 64.8 cm³/mol. The molecular formula is C14H27F. The van der Waals surface area contributed by atoms with E-state index in [9.17, 15) is 4.39 Å². The maximum Gasteiger partial charge on any atom is 0.100 e. The molecule has 15 heavy (non-hydrogen) atoms. The highest BCUT2D eigenvalue weighted by Crippen LogP contribution is 2.40. The molecule has 0 aliphatic heterocycles. The molecule has 1 rings (SSSR count). The first-order chi connectivity index (χ1) is 7.16. The molecule has 1 aliphatic rings. The Morgan fingerprint density at radius 2 is 1.80 bits per heavy atom. The molecule has 0 radical (unpaired) electrons. The molecule has 0 aromatic rings. The molecule has 1 fully saturated rings. The molecule has 0 N–H and O–H groups in total. The minimum Gasteiger partial charge on any atom is -0.247 e. The molecule has 0 nitrogen and oxygen atoms in total. The van der Waals surface area contributed by atoms with E-state index in [1.165, 1.54) is 38.5 Å². The van der Waals surface area contributed by atoms with Gasteiger partial charge in [0.1, 0.15) is 6.17 Å². The second kappa shape index (κ2) is 6.50. The van der Waals surface area contributed by atoms with Gasteiger partial charge < -0.3 is 0 Å². The summed E-state index contributed by atoms with van der Waals surface area (Å²) in [4.78, 5) is 0. The van der Waals surface area contributed by atoms with Gasteiger partial charge in [-0.15, -0.1) is 0 Å². The Labute approximate surface area is 94.6 Å². The topological polar surface area (TPSA) is 0 Å². The van der Waals surface area contributed by atoms with Crippen LogP contribution in [0.5, 0.6) is 0 Å². The molecule has 0 saturated heterocycles. The van der Waals surface area contributed by atoms with Crippen molar-refractivity contribution in [2.45, 2.75) is 84.2 Å². The lowest BCUT2D eigenvalue weighted by molar-refractivity contribution is 0.182. The van der Waals surface area contributed by atoms with Crippen molar-refractivity contribution >= 4 is 0 Å². The highest BCUT2D eigenvalue weighted by molar-refractivity contribution is 4.78. The Morgan fingerprint density at radius 1 is 1.13 bits per heavy atom. The average molecular weight is 214 g/mol. The lowest BCUT2D eigenvalue weighted by Gasteiger charge is -2.33. The molecule has 90 valence electrons. The average Bonchev–Trinajstić information content (AvgIpc) is 2.19. The van der Waals surface area contributed by atoms with Gasteiger partial charge in [0.2, 0.25) is 0 Å². The van der Waals surface area contributed by atoms with Crippen LogP contribution in [0, 0.1) is 5.41 Å². The van der Waals surface area contributed by atoms with E-state index in [0.717, 1.165) is 25.7 Å². The number of rotatable bonds is 6. The lowest BCUT2D eigenvalue weighted by Crippen LogP contribution is -2.20. The molecule has 1 heteroatoms. The first-order valence-corrected chi connectivity index (χ1v) is 6.80. The summed E-state index contributed by atoms with van der Waals surface area (Å²) in [5, 5.41) is 0. The van der Waals surface area contributed by atoms with Crippen LogP contribution in [0.4, 0.5) is 4.39 Å². The summed E-state index contributed by atoms with van der Waals surface area (Å²) in [5.74, 6) is 0. The van der Waals surface area contributed by atoms with Gasteiger partial charge in [0, 0.05) is 0 Å². The van der Waals surface area contributed by atoms with Crippen molar-refractivity contribution < 1.29 is 4.39 Å². The third kappa shape index (κ3) is 4.99. The Balaban J connectivity index is 2.12. The van der Waals surface area contributed by atoms with E-state index >= 15 is 0 Å². The third-order valence-electron chi connectivity index (χ3n) is 3.96. The molecular weight excluding hydrogens is 187 g/mol. The van der Waals surface area contributed by atoms with Gasteiger partial charge in [0.25, 0.3) is 0 Å². The van der Waals surface area contributed by atoms with E-state index in [4.69, 9.17) is 0 Å². The Hall–Kier alpha value is -0.0700. The highest BCUT2D eigenvalue weighted by atomic mass is 19.1. The molecule has 0 heterocycles. The first kappa shape index (κ1) is 13.0. The van der Waals surface area contributed by atoms with Crippen LogP contribution < -0.4 is 0 Å². The van der Waals surface area contributed by atoms with Crippen LogP contribution >= 0.6 is 0 Å². The van der Waals surface area contributed by atoms with Gasteiger partial charge in [-0.05, 0) is 37.5 Å². The quantitative estimate of drug-likeness (QED) is 0.565. The van der Waals surface area contributed by atoms with E-state index in [1.807, 2.05) is 0 Å². The summed E-state index contributed by atoms with van der Waals surface area (Å²) in [6.45, 7) is 4.47. The molecule has 0 aromatic carbocycles. The Bertz CT molecular complexity index is 159. The first-order valence-electron chi connectivity index (χ1n) is 6.80. The zero-order valence-corrected chi connectivity index (χ0v) is 10.5. The van der Waals surface area contributed by atoms with Crippen LogP contribution in [0.3, 0.4) is 0 Å². The molecule has 1 unspecified atom stereocenters. The number of halogens is 1. The van der Waals surface area contributed by atoms with E-state index in [-0.39, 0.29) is 0 Å². The summed E-state index contributed by atoms with van der Waals surface area (Å²) in [6, 6.07) is 0. The smallest absolute Gasteiger partial charge is 0.100 e. The largest absolute Gasteiger partial charge is 0.247 e. The standard InChI is InChI=1S/C14H27F/c1-3-8-13(15)9-7-12-14(2)10-5-4-6-11-14/h13H,3-12H2,1-2H3. The van der Waals surface area contributed by atoms with Gasteiger partial charge in [0.15, 0.2) is 0 Å². The Kier molecular flexibility index (Phi) is 5.63. The summed E-state index contributed by atoms with van der Waals surface area (Å²) < 4.78 is 13.3. The number of hydrogen-bond acceptors (Lipinski definition) is 0. The van der Waals surface area contributed by atoms with Crippen molar-refractivity contribution in [3.63, 3.8) is 0 Å². The monoisotopic (exact) mass is 214 g/mol. The van der Waals surface area contributed by atoms with Crippen LogP contribution in [0.15, 0.2) is 0 Å². The summed E-state index contributed by atoms with van der Waals surface area (Å²) in [6.07, 6.45) is 11.3. The second-order valence-electron chi connectivity index (χ2n) is 5.65. The molecule has 0 spiro atoms. The maximum atomic E-state index is 13.3. The highest BCUT2D eigenvalue weighted by Gasteiger charge is 2.26. The number of hydrogen-bond donors (Lipinski definition) is 0. The van der Waals surface area contributed by atoms with Gasteiger partial charge in [0.05, 0.1) is 0 Å². The Morgan fingerprint density at radius 3 is 2.40 bits per heavy atom. The second-order valence-corrected chi connectivity index (χ2v) is 5.65. The van der Waals surface area contributed by atoms with Crippen molar-refractivity contribution in [1.29, 1.82) is 0 Å². The van der Waals surface area contributed by atoms with Crippen LogP contribution in [0.1, 0.15) is 78.1 Å². The third-order valence-corrected chi connectivity index (χ3v) is 3.96. The van der Waals surface area contributed by atoms with E-state index < -0.39 is 6.17 Å². The van der Waals surface area contributed by atoms with Crippen LogP contribution in [0.25, 0.3) is 0 Å². The van der Waals surface area contributed by atoms with Crippen LogP contribution in [0.2, 0.25) is 0 Å². The van der Waals surface area contributed by atoms with E-state index in [1.54, 1.807) is 0 Å². The zero-order chi connectivity index (χ0) is 11.1. The maximum absolute atomic E-state index is 13.3. The fourth-order valence-corrected chi connectivity index (χ4v) is 2.86. The molecule has 0 bridgehead atoms. The van der Waals surface area contributed by atoms with Crippen molar-refractivity contribution in [3.8, 4) is 0 Å². The van der Waals surface area contributed by atoms with Crippen LogP contribution in [-0.2, 0) is 0 Å². The molecule has 1 aliphatic carbocycles. The van der Waals surface area contributed by atoms with Gasteiger partial charge in [-0.2, -0.15) is 0 Å². The van der Waals surface area contributed by atoms with Gasteiger partial charge >= 0.3 is 0 Å². The van der Waals surface area contributed by atoms with E-state index in [2.05, 4.69) is 13.8 Å². The molecule has 0 amide bonds. The molecule has 1 atom stereocenters. The van der Waals surface area contributed by atoms with Gasteiger partial charge in [-0.3, -0.25) is 0 Å². The molecule has 1 saturated carbocycles. The summed E-state index contributed by atoms with van der Waals surface area (Å²) in [5.41, 5.74) is 0.546. The SMILES string of the molecule is CCCC(F)CCCC1(C)CCCCC1. The summed E-state index contributed by atoms with van der Waals surface area (Å²) >= 11 is 0. The van der Waals surface area contributed by atoms with Crippen molar-refractivity contribution in [3.05, 3.63) is 0 Å². The predicted octanol–water partition coefficient (Wildman–Crippen LogP) is 5.27. The fourth-order valence-electron chi connectivity index (χ4n) is 2.86. The van der Waals surface area contributed by atoms with Crippen molar-refractivity contribution in [2.24, 2.45) is 5.41 Å². The summed E-state index contributed by atoms with van der Waals surface area (Å²) in [7, 11) is 0. The number of alkyl halides is 1. The lowest BCUT2D eigenvalue weighted by atomic mass is 9.72. The van der Waals surface area contributed by atoms with Gasteiger partial charge in [-0.1, -0.05) is 46.0 Å². The van der Waals surface area contributed by atoms with Crippen LogP contribution in [-0.4, -0.2) is 6.17 Å². The van der Waals surface area contributed by atoms with Crippen molar-refractivity contribution in [2.75, 3.05) is 0 Å². The molecule has 0 aromatic heterocycles. The minimum absolute atomic E-state index is 0.540. The minimum atomic E-state index is -0.540. The normalized spacial score (nSPS) is 22.6. The fraction of sp³-hybridized carbons (Fsp3) is 1.00. The zero-order valence-electron chi connectivity index (χ0n) is 10.5. The van der Waals surface area contributed by atoms with Gasteiger partial charge in [-0.25, -0.2) is 4.39 Å². The van der Waals surface area contributed by atoms with Crippen molar-refractivity contribution in [1.82, 2.24) is 0 Å². The van der Waals surface area contributed by atoms with E-state index in [0.29, 0.717) is 5.41 Å².